The van der Waals surface area contributed by atoms with Crippen LogP contribution in [0.1, 0.15) is 12.8 Å². The van der Waals surface area contributed by atoms with E-state index in [1.165, 1.54) is 19.0 Å². The molecule has 0 radical (unpaired) electrons. The Labute approximate surface area is 97.7 Å². The first kappa shape index (κ1) is 11.6. The van der Waals surface area contributed by atoms with Crippen molar-refractivity contribution in [2.75, 3.05) is 20.6 Å². The van der Waals surface area contributed by atoms with Crippen LogP contribution in [0.25, 0.3) is 0 Å². The van der Waals surface area contributed by atoms with Crippen molar-refractivity contribution in [3.63, 3.8) is 0 Å². The summed E-state index contributed by atoms with van der Waals surface area (Å²) in [6.07, 6.45) is 0.884. The molecule has 2 fully saturated rings. The van der Waals surface area contributed by atoms with Crippen LogP contribution in [0.2, 0.25) is 0 Å². The van der Waals surface area contributed by atoms with Gasteiger partial charge < -0.3 is 4.90 Å². The molecule has 1 heterocycles. The van der Waals surface area contributed by atoms with Crippen molar-refractivity contribution in [3.8, 4) is 0 Å². The number of carbonyl (C=O) groups is 4. The Morgan fingerprint density at radius 3 is 2.41 bits per heavy atom. The molecular weight excluding hydrogens is 226 g/mol. The Bertz CT molecular complexity index is 425. The molecule has 1 saturated heterocycles. The van der Waals surface area contributed by atoms with Crippen molar-refractivity contribution in [2.45, 2.75) is 12.8 Å². The van der Waals surface area contributed by atoms with E-state index in [0.29, 0.717) is 12.8 Å². The van der Waals surface area contributed by atoms with E-state index >= 15 is 0 Å². The maximum atomic E-state index is 12.0. The molecule has 5 amide bonds. The minimum atomic E-state index is -1.08. The predicted molar refractivity (Wildman–Crippen MR) is 55.6 cm³/mol. The van der Waals surface area contributed by atoms with Crippen LogP contribution in [0, 0.1) is 5.41 Å². The second-order valence-corrected chi connectivity index (χ2v) is 4.52. The summed E-state index contributed by atoms with van der Waals surface area (Å²) in [6, 6.07) is -0.812. The van der Waals surface area contributed by atoms with Gasteiger partial charge >= 0.3 is 6.03 Å². The van der Waals surface area contributed by atoms with Crippen molar-refractivity contribution < 1.29 is 19.2 Å². The Balaban J connectivity index is 2.17. The van der Waals surface area contributed by atoms with Gasteiger partial charge in [0.1, 0.15) is 12.0 Å². The van der Waals surface area contributed by atoms with E-state index in [1.54, 1.807) is 0 Å². The zero-order valence-electron chi connectivity index (χ0n) is 9.65. The molecule has 0 atom stereocenters. The normalized spacial score (nSPS) is 21.5. The van der Waals surface area contributed by atoms with Gasteiger partial charge in [0.15, 0.2) is 0 Å². The van der Waals surface area contributed by atoms with E-state index in [-0.39, 0.29) is 12.5 Å². The number of barbiturate groups is 1. The second-order valence-electron chi connectivity index (χ2n) is 4.52. The van der Waals surface area contributed by atoms with Gasteiger partial charge in [-0.25, -0.2) is 4.79 Å². The zero-order valence-corrected chi connectivity index (χ0v) is 9.65. The van der Waals surface area contributed by atoms with Crippen molar-refractivity contribution in [1.82, 2.24) is 15.1 Å². The van der Waals surface area contributed by atoms with Crippen LogP contribution in [0.5, 0.6) is 0 Å². The van der Waals surface area contributed by atoms with E-state index in [4.69, 9.17) is 0 Å². The molecule has 1 N–H and O–H groups in total. The van der Waals surface area contributed by atoms with Crippen LogP contribution >= 0.6 is 0 Å². The molecule has 1 aliphatic carbocycles. The Hall–Kier alpha value is -1.92. The molecule has 1 aliphatic heterocycles. The van der Waals surface area contributed by atoms with Gasteiger partial charge in [0, 0.05) is 14.1 Å². The lowest BCUT2D eigenvalue weighted by Gasteiger charge is -2.30. The average molecular weight is 239 g/mol. The van der Waals surface area contributed by atoms with Crippen LogP contribution < -0.4 is 5.32 Å². The third kappa shape index (κ3) is 1.67. The fourth-order valence-corrected chi connectivity index (χ4v) is 1.72. The van der Waals surface area contributed by atoms with Gasteiger partial charge in [-0.15, -0.1) is 0 Å². The van der Waals surface area contributed by atoms with Crippen molar-refractivity contribution in [2.24, 2.45) is 5.41 Å². The number of nitrogens with zero attached hydrogens (tertiary/aromatic N) is 2. The summed E-state index contributed by atoms with van der Waals surface area (Å²) in [7, 11) is 3.07. The number of hydrogen-bond acceptors (Lipinski definition) is 4. The summed E-state index contributed by atoms with van der Waals surface area (Å²) in [5.74, 6) is -1.46. The molecule has 0 bridgehead atoms. The molecule has 1 saturated carbocycles. The van der Waals surface area contributed by atoms with Gasteiger partial charge in [0.2, 0.25) is 17.7 Å². The van der Waals surface area contributed by atoms with Gasteiger partial charge in [-0.2, -0.15) is 0 Å². The molecule has 7 nitrogen and oxygen atoms in total. The van der Waals surface area contributed by atoms with Crippen molar-refractivity contribution >= 4 is 23.8 Å². The van der Waals surface area contributed by atoms with Gasteiger partial charge in [0.25, 0.3) is 0 Å². The number of rotatable bonds is 2. The quantitative estimate of drug-likeness (QED) is 0.622. The number of amides is 5. The van der Waals surface area contributed by atoms with Gasteiger partial charge in [-0.05, 0) is 12.8 Å². The number of likely N-dealkylation sites (N-methyl/N-ethyl adjacent to an activating group) is 1. The van der Waals surface area contributed by atoms with Crippen LogP contribution in [0.3, 0.4) is 0 Å². The molecule has 92 valence electrons. The summed E-state index contributed by atoms with van der Waals surface area (Å²) < 4.78 is 0. The van der Waals surface area contributed by atoms with Crippen LogP contribution in [0.15, 0.2) is 0 Å². The smallest absolute Gasteiger partial charge is 0.331 e. The maximum Gasteiger partial charge on any atom is 0.331 e. The number of nitrogens with one attached hydrogen (secondary N) is 1. The topological polar surface area (TPSA) is 86.8 Å². The van der Waals surface area contributed by atoms with Crippen LogP contribution in [-0.2, 0) is 14.4 Å². The second kappa shape index (κ2) is 3.54. The first-order valence-corrected chi connectivity index (χ1v) is 5.26. The van der Waals surface area contributed by atoms with Gasteiger partial charge in [-0.1, -0.05) is 0 Å². The molecule has 2 rings (SSSR count). The standard InChI is InChI=1S/C10H13N3O4/c1-12(2)6(14)5-13-8(16)10(3-4-10)7(15)11-9(13)17/h3-5H2,1-2H3,(H,11,15,17). The lowest BCUT2D eigenvalue weighted by atomic mass is 10.0. The Kier molecular flexibility index (Phi) is 2.41. The van der Waals surface area contributed by atoms with Crippen molar-refractivity contribution in [3.05, 3.63) is 0 Å². The van der Waals surface area contributed by atoms with E-state index in [2.05, 4.69) is 5.32 Å². The van der Waals surface area contributed by atoms with E-state index in [0.717, 1.165) is 4.90 Å². The van der Waals surface area contributed by atoms with E-state index in [1.807, 2.05) is 0 Å². The molecule has 0 aromatic heterocycles. The minimum absolute atomic E-state index is 0.327. The number of urea groups is 1. The Morgan fingerprint density at radius 2 is 1.94 bits per heavy atom. The minimum Gasteiger partial charge on any atom is -0.347 e. The molecule has 2 aliphatic rings. The Morgan fingerprint density at radius 1 is 1.35 bits per heavy atom. The summed E-state index contributed by atoms with van der Waals surface area (Å²) in [4.78, 5) is 48.5. The van der Waals surface area contributed by atoms with Crippen molar-refractivity contribution in [1.29, 1.82) is 0 Å². The zero-order chi connectivity index (χ0) is 12.8. The lowest BCUT2D eigenvalue weighted by molar-refractivity contribution is -0.147. The molecular formula is C10H13N3O4. The highest BCUT2D eigenvalue weighted by Crippen LogP contribution is 2.48. The molecule has 0 aromatic rings. The maximum absolute atomic E-state index is 12.0. The third-order valence-corrected chi connectivity index (χ3v) is 3.10. The third-order valence-electron chi connectivity index (χ3n) is 3.10. The average Bonchev–Trinajstić information content (AvgIpc) is 3.03. The molecule has 1 spiro atoms. The first-order valence-electron chi connectivity index (χ1n) is 5.26. The largest absolute Gasteiger partial charge is 0.347 e. The lowest BCUT2D eigenvalue weighted by Crippen LogP contribution is -2.60. The van der Waals surface area contributed by atoms with Crippen LogP contribution in [-0.4, -0.2) is 54.2 Å². The molecule has 0 unspecified atom stereocenters. The van der Waals surface area contributed by atoms with Gasteiger partial charge in [-0.3, -0.25) is 24.6 Å². The fraction of sp³-hybridized carbons (Fsp3) is 0.600. The molecule has 0 aromatic carbocycles. The summed E-state index contributed by atoms with van der Waals surface area (Å²) in [5, 5.41) is 2.11. The highest BCUT2D eigenvalue weighted by atomic mass is 16.2. The number of hydrogen-bond donors (Lipinski definition) is 1. The summed E-state index contributed by atoms with van der Waals surface area (Å²) in [5.41, 5.74) is -1.08. The van der Waals surface area contributed by atoms with Crippen LogP contribution in [0.4, 0.5) is 4.79 Å². The monoisotopic (exact) mass is 239 g/mol. The number of carbonyl (C=O) groups excluding carboxylic acids is 4. The highest BCUT2D eigenvalue weighted by Gasteiger charge is 2.62. The highest BCUT2D eigenvalue weighted by molar-refractivity contribution is 6.21. The van der Waals surface area contributed by atoms with E-state index in [9.17, 15) is 19.2 Å². The summed E-state index contributed by atoms with van der Waals surface area (Å²) >= 11 is 0. The SMILES string of the molecule is CN(C)C(=O)CN1C(=O)NC(=O)C2(CC2)C1=O. The first-order chi connectivity index (χ1) is 7.88. The summed E-state index contributed by atoms with van der Waals surface area (Å²) in [6.45, 7) is -0.327. The fourth-order valence-electron chi connectivity index (χ4n) is 1.72. The predicted octanol–water partition coefficient (Wildman–Crippen LogP) is -1.07. The molecule has 17 heavy (non-hydrogen) atoms. The number of imide groups is 2. The van der Waals surface area contributed by atoms with Gasteiger partial charge in [0.05, 0.1) is 0 Å². The van der Waals surface area contributed by atoms with E-state index < -0.39 is 23.3 Å². The molecule has 7 heteroatoms.